The number of carbonyl (C=O) groups excluding carboxylic acids is 1. The minimum Gasteiger partial charge on any atom is -0.457 e. The smallest absolute Gasteiger partial charge is 0.229 e. The molecule has 1 amide bonds. The first-order valence-electron chi connectivity index (χ1n) is 9.08. The standard InChI is InChI=1S/C21H21N3O2S/c25-20(16-10-12-22-13-11-16)24-21-23-19(14-27-21)15-6-8-18(9-7-15)26-17-4-2-1-3-5-17/h1-9,14,16,22H,10-13H2,(H,23,24,25). The van der Waals surface area contributed by atoms with Gasteiger partial charge in [-0.2, -0.15) is 0 Å². The van der Waals surface area contributed by atoms with Crippen molar-refractivity contribution in [1.29, 1.82) is 0 Å². The molecule has 1 aliphatic rings. The van der Waals surface area contributed by atoms with E-state index in [4.69, 9.17) is 4.74 Å². The number of benzene rings is 2. The summed E-state index contributed by atoms with van der Waals surface area (Å²) in [6, 6.07) is 17.5. The lowest BCUT2D eigenvalue weighted by molar-refractivity contribution is -0.120. The molecule has 1 aromatic heterocycles. The fraction of sp³-hybridized carbons (Fsp3) is 0.238. The molecule has 0 spiro atoms. The van der Waals surface area contributed by atoms with E-state index in [2.05, 4.69) is 15.6 Å². The molecule has 1 aliphatic heterocycles. The first kappa shape index (κ1) is 17.7. The molecule has 1 saturated heterocycles. The molecule has 5 nitrogen and oxygen atoms in total. The number of rotatable bonds is 5. The number of amides is 1. The molecule has 138 valence electrons. The number of aromatic nitrogens is 1. The van der Waals surface area contributed by atoms with Crippen LogP contribution in [0.3, 0.4) is 0 Å². The second-order valence-corrected chi connectivity index (χ2v) is 7.35. The maximum atomic E-state index is 12.3. The molecule has 27 heavy (non-hydrogen) atoms. The zero-order valence-electron chi connectivity index (χ0n) is 14.9. The van der Waals surface area contributed by atoms with Gasteiger partial charge in [-0.15, -0.1) is 11.3 Å². The molecule has 0 unspecified atom stereocenters. The Kier molecular flexibility index (Phi) is 5.46. The number of nitrogens with one attached hydrogen (secondary N) is 2. The predicted molar refractivity (Wildman–Crippen MR) is 108 cm³/mol. The van der Waals surface area contributed by atoms with E-state index < -0.39 is 0 Å². The Balaban J connectivity index is 1.39. The van der Waals surface area contributed by atoms with E-state index in [1.807, 2.05) is 60.0 Å². The minimum atomic E-state index is 0.0732. The van der Waals surface area contributed by atoms with Crippen molar-refractivity contribution in [3.8, 4) is 22.8 Å². The van der Waals surface area contributed by atoms with Crippen LogP contribution < -0.4 is 15.4 Å². The molecule has 2 heterocycles. The number of para-hydroxylation sites is 1. The van der Waals surface area contributed by atoms with Crippen LogP contribution in [0.5, 0.6) is 11.5 Å². The Morgan fingerprint density at radius 2 is 1.74 bits per heavy atom. The van der Waals surface area contributed by atoms with E-state index in [9.17, 15) is 4.79 Å². The summed E-state index contributed by atoms with van der Waals surface area (Å²) in [7, 11) is 0. The van der Waals surface area contributed by atoms with Crippen molar-refractivity contribution in [3.63, 3.8) is 0 Å². The Morgan fingerprint density at radius 1 is 1.04 bits per heavy atom. The number of anilines is 1. The van der Waals surface area contributed by atoms with E-state index in [0.717, 1.165) is 48.7 Å². The summed E-state index contributed by atoms with van der Waals surface area (Å²) in [6.07, 6.45) is 1.76. The molecule has 2 aromatic carbocycles. The van der Waals surface area contributed by atoms with Crippen LogP contribution in [-0.2, 0) is 4.79 Å². The summed E-state index contributed by atoms with van der Waals surface area (Å²) in [4.78, 5) is 16.9. The van der Waals surface area contributed by atoms with Crippen molar-refractivity contribution in [3.05, 3.63) is 60.0 Å². The van der Waals surface area contributed by atoms with Gasteiger partial charge in [0.25, 0.3) is 0 Å². The van der Waals surface area contributed by atoms with Crippen LogP contribution in [0.25, 0.3) is 11.3 Å². The first-order chi connectivity index (χ1) is 13.3. The maximum absolute atomic E-state index is 12.3. The third kappa shape index (κ3) is 4.53. The molecular formula is C21H21N3O2S. The molecule has 0 bridgehead atoms. The molecule has 0 aliphatic carbocycles. The van der Waals surface area contributed by atoms with E-state index in [1.165, 1.54) is 11.3 Å². The number of hydrogen-bond donors (Lipinski definition) is 2. The summed E-state index contributed by atoms with van der Waals surface area (Å²) in [5, 5.41) is 8.85. The summed E-state index contributed by atoms with van der Waals surface area (Å²) in [5.41, 5.74) is 1.85. The molecule has 1 fully saturated rings. The third-order valence-electron chi connectivity index (χ3n) is 4.57. The van der Waals surface area contributed by atoms with Gasteiger partial charge in [0.15, 0.2) is 5.13 Å². The van der Waals surface area contributed by atoms with Crippen molar-refractivity contribution < 1.29 is 9.53 Å². The summed E-state index contributed by atoms with van der Waals surface area (Å²) >= 11 is 1.45. The fourth-order valence-electron chi connectivity index (χ4n) is 3.07. The van der Waals surface area contributed by atoms with Crippen LogP contribution >= 0.6 is 11.3 Å². The average Bonchev–Trinajstić information content (AvgIpc) is 3.18. The van der Waals surface area contributed by atoms with Gasteiger partial charge in [0.2, 0.25) is 5.91 Å². The lowest BCUT2D eigenvalue weighted by atomic mass is 9.97. The van der Waals surface area contributed by atoms with Crippen LogP contribution in [-0.4, -0.2) is 24.0 Å². The number of hydrogen-bond acceptors (Lipinski definition) is 5. The molecule has 0 radical (unpaired) electrons. The third-order valence-corrected chi connectivity index (χ3v) is 5.33. The Morgan fingerprint density at radius 3 is 2.48 bits per heavy atom. The van der Waals surface area contributed by atoms with E-state index >= 15 is 0 Å². The van der Waals surface area contributed by atoms with E-state index in [-0.39, 0.29) is 11.8 Å². The number of thiazole rings is 1. The predicted octanol–water partition coefficient (Wildman–Crippen LogP) is 4.54. The van der Waals surface area contributed by atoms with Gasteiger partial charge < -0.3 is 15.4 Å². The molecule has 2 N–H and O–H groups in total. The summed E-state index contributed by atoms with van der Waals surface area (Å²) in [5.74, 6) is 1.73. The van der Waals surface area contributed by atoms with E-state index in [1.54, 1.807) is 0 Å². The number of nitrogens with zero attached hydrogens (tertiary/aromatic N) is 1. The van der Waals surface area contributed by atoms with Gasteiger partial charge >= 0.3 is 0 Å². The van der Waals surface area contributed by atoms with Crippen molar-refractivity contribution in [2.24, 2.45) is 5.92 Å². The summed E-state index contributed by atoms with van der Waals surface area (Å²) < 4.78 is 5.81. The summed E-state index contributed by atoms with van der Waals surface area (Å²) in [6.45, 7) is 1.80. The SMILES string of the molecule is O=C(Nc1nc(-c2ccc(Oc3ccccc3)cc2)cs1)C1CCNCC1. The zero-order chi connectivity index (χ0) is 18.5. The van der Waals surface area contributed by atoms with Crippen LogP contribution in [0.1, 0.15) is 12.8 Å². The van der Waals surface area contributed by atoms with Crippen LogP contribution in [0, 0.1) is 5.92 Å². The Hall–Kier alpha value is -2.70. The van der Waals surface area contributed by atoms with Crippen molar-refractivity contribution in [2.75, 3.05) is 18.4 Å². The van der Waals surface area contributed by atoms with Gasteiger partial charge in [-0.1, -0.05) is 18.2 Å². The first-order valence-corrected chi connectivity index (χ1v) is 9.96. The van der Waals surface area contributed by atoms with Crippen molar-refractivity contribution in [2.45, 2.75) is 12.8 Å². The lowest BCUT2D eigenvalue weighted by Crippen LogP contribution is -2.34. The molecular weight excluding hydrogens is 358 g/mol. The second kappa shape index (κ2) is 8.33. The number of piperidine rings is 1. The lowest BCUT2D eigenvalue weighted by Gasteiger charge is -2.20. The number of ether oxygens (including phenoxy) is 1. The quantitative estimate of drug-likeness (QED) is 0.683. The van der Waals surface area contributed by atoms with Gasteiger partial charge in [-0.3, -0.25) is 4.79 Å². The second-order valence-electron chi connectivity index (χ2n) is 6.49. The molecule has 4 rings (SSSR count). The Bertz CT molecular complexity index is 887. The minimum absolute atomic E-state index is 0.0732. The highest BCUT2D eigenvalue weighted by molar-refractivity contribution is 7.14. The van der Waals surface area contributed by atoms with Crippen molar-refractivity contribution in [1.82, 2.24) is 10.3 Å². The van der Waals surface area contributed by atoms with Crippen LogP contribution in [0.2, 0.25) is 0 Å². The molecule has 6 heteroatoms. The Labute approximate surface area is 162 Å². The largest absolute Gasteiger partial charge is 0.457 e. The van der Waals surface area contributed by atoms with E-state index in [0.29, 0.717) is 5.13 Å². The van der Waals surface area contributed by atoms with Gasteiger partial charge in [0.1, 0.15) is 11.5 Å². The van der Waals surface area contributed by atoms with Crippen LogP contribution in [0.4, 0.5) is 5.13 Å². The fourth-order valence-corrected chi connectivity index (χ4v) is 3.80. The molecule has 3 aromatic rings. The van der Waals surface area contributed by atoms with Gasteiger partial charge in [-0.05, 0) is 62.3 Å². The normalized spacial score (nSPS) is 14.7. The van der Waals surface area contributed by atoms with Gasteiger partial charge in [0, 0.05) is 16.9 Å². The highest BCUT2D eigenvalue weighted by Crippen LogP contribution is 2.28. The monoisotopic (exact) mass is 379 g/mol. The zero-order valence-corrected chi connectivity index (χ0v) is 15.7. The van der Waals surface area contributed by atoms with Gasteiger partial charge in [0.05, 0.1) is 5.69 Å². The average molecular weight is 379 g/mol. The maximum Gasteiger partial charge on any atom is 0.229 e. The molecule has 0 saturated carbocycles. The van der Waals surface area contributed by atoms with Gasteiger partial charge in [-0.25, -0.2) is 4.98 Å². The van der Waals surface area contributed by atoms with Crippen LogP contribution in [0.15, 0.2) is 60.0 Å². The topological polar surface area (TPSA) is 63.2 Å². The highest BCUT2D eigenvalue weighted by atomic mass is 32.1. The number of carbonyl (C=O) groups is 1. The van der Waals surface area contributed by atoms with Crippen molar-refractivity contribution >= 4 is 22.4 Å². The molecule has 0 atom stereocenters. The highest BCUT2D eigenvalue weighted by Gasteiger charge is 2.21.